The number of allylic oxidation sites excluding steroid dienone is 4. The van der Waals surface area contributed by atoms with E-state index in [1.54, 1.807) is 6.92 Å². The molecular formula is C35H53N5. The van der Waals surface area contributed by atoms with Crippen LogP contribution in [0, 0.1) is 11.3 Å². The third-order valence-electron chi connectivity index (χ3n) is 8.43. The molecule has 2 fully saturated rings. The van der Waals surface area contributed by atoms with Gasteiger partial charge in [-0.25, -0.2) is 4.99 Å². The molecule has 218 valence electrons. The van der Waals surface area contributed by atoms with Crippen LogP contribution in [0.3, 0.4) is 0 Å². The molecule has 0 radical (unpaired) electrons. The van der Waals surface area contributed by atoms with E-state index >= 15 is 0 Å². The van der Waals surface area contributed by atoms with E-state index in [4.69, 9.17) is 5.41 Å². The highest BCUT2D eigenvalue weighted by Crippen LogP contribution is 2.38. The third-order valence-corrected chi connectivity index (χ3v) is 8.43. The van der Waals surface area contributed by atoms with Gasteiger partial charge in [0.2, 0.25) is 0 Å². The Balaban J connectivity index is 0.00000216. The molecule has 1 aromatic carbocycles. The number of aromatic amines is 1. The molecule has 2 aliphatic rings. The van der Waals surface area contributed by atoms with Gasteiger partial charge < -0.3 is 15.2 Å². The van der Waals surface area contributed by atoms with Gasteiger partial charge in [-0.1, -0.05) is 66.3 Å². The molecule has 0 amide bonds. The predicted octanol–water partition coefficient (Wildman–Crippen LogP) is 8.82. The Bertz CT molecular complexity index is 1250. The summed E-state index contributed by atoms with van der Waals surface area (Å²) in [7, 11) is 0. The highest BCUT2D eigenvalue weighted by Gasteiger charge is 2.30. The summed E-state index contributed by atoms with van der Waals surface area (Å²) in [6.45, 7) is 24.6. The quantitative estimate of drug-likeness (QED) is 0.177. The van der Waals surface area contributed by atoms with Gasteiger partial charge in [-0.3, -0.25) is 5.41 Å². The lowest BCUT2D eigenvalue weighted by Crippen LogP contribution is -2.41. The number of benzene rings is 1. The average Bonchev–Trinajstić information content (AvgIpc) is 3.56. The molecule has 0 spiro atoms. The number of nitrogens with zero attached hydrogens (tertiary/aromatic N) is 2. The fourth-order valence-corrected chi connectivity index (χ4v) is 6.25. The Hall–Kier alpha value is -2.92. The molecular weight excluding hydrogens is 490 g/mol. The summed E-state index contributed by atoms with van der Waals surface area (Å²) in [5, 5.41) is 12.7. The van der Waals surface area contributed by atoms with Gasteiger partial charge >= 0.3 is 0 Å². The first-order valence-electron chi connectivity index (χ1n) is 15.5. The summed E-state index contributed by atoms with van der Waals surface area (Å²) in [5.41, 5.74) is 8.61. The van der Waals surface area contributed by atoms with Crippen LogP contribution in [0.2, 0.25) is 0 Å². The van der Waals surface area contributed by atoms with E-state index < -0.39 is 0 Å². The number of rotatable bonds is 8. The van der Waals surface area contributed by atoms with Crippen LogP contribution in [0.4, 0.5) is 0 Å². The third kappa shape index (κ3) is 7.23. The van der Waals surface area contributed by atoms with Crippen molar-refractivity contribution in [3.05, 3.63) is 65.5 Å². The fourth-order valence-electron chi connectivity index (χ4n) is 6.25. The van der Waals surface area contributed by atoms with Gasteiger partial charge in [0.25, 0.3) is 0 Å². The van der Waals surface area contributed by atoms with Crippen molar-refractivity contribution in [1.82, 2.24) is 15.2 Å². The van der Waals surface area contributed by atoms with Crippen LogP contribution < -0.4 is 5.32 Å². The monoisotopic (exact) mass is 543 g/mol. The first kappa shape index (κ1) is 31.6. The van der Waals surface area contributed by atoms with Gasteiger partial charge in [0, 0.05) is 47.1 Å². The van der Waals surface area contributed by atoms with Gasteiger partial charge in [-0.15, -0.1) is 0 Å². The SMILES string of the molecule is C=C([C@H]1NCCC1C)N1CCC(c2ccc3[nH]c(C(/C=C\C(CC)=NC(C)=N)=C/C)c(C(C)C)c3c2)CC1.CC. The van der Waals surface area contributed by atoms with Gasteiger partial charge in [-0.2, -0.15) is 0 Å². The van der Waals surface area contributed by atoms with Crippen molar-refractivity contribution in [3.8, 4) is 0 Å². The molecule has 0 bridgehead atoms. The maximum Gasteiger partial charge on any atom is 0.117 e. The predicted molar refractivity (Wildman–Crippen MR) is 176 cm³/mol. The zero-order valence-electron chi connectivity index (χ0n) is 26.3. The van der Waals surface area contributed by atoms with Crippen LogP contribution in [0.25, 0.3) is 16.5 Å². The molecule has 2 aliphatic heterocycles. The normalized spacial score (nSPS) is 20.9. The molecule has 2 atom stereocenters. The molecule has 3 heterocycles. The fraction of sp³-hybridized carbons (Fsp3) is 0.543. The minimum absolute atomic E-state index is 0.342. The lowest BCUT2D eigenvalue weighted by Gasteiger charge is -2.38. The first-order chi connectivity index (χ1) is 19.2. The minimum atomic E-state index is 0.342. The number of hydrogen-bond donors (Lipinski definition) is 3. The largest absolute Gasteiger partial charge is 0.374 e. The lowest BCUT2D eigenvalue weighted by atomic mass is 9.87. The summed E-state index contributed by atoms with van der Waals surface area (Å²) >= 11 is 0. The zero-order valence-corrected chi connectivity index (χ0v) is 26.3. The van der Waals surface area contributed by atoms with E-state index in [1.807, 2.05) is 13.8 Å². The number of amidine groups is 1. The number of aliphatic imine (C=N–C) groups is 1. The number of nitrogens with one attached hydrogen (secondary N) is 3. The molecule has 0 saturated carbocycles. The number of piperidine rings is 1. The molecule has 5 heteroatoms. The minimum Gasteiger partial charge on any atom is -0.374 e. The highest BCUT2D eigenvalue weighted by molar-refractivity contribution is 6.04. The van der Waals surface area contributed by atoms with Crippen LogP contribution in [0.5, 0.6) is 0 Å². The van der Waals surface area contributed by atoms with Crippen molar-refractivity contribution in [3.63, 3.8) is 0 Å². The number of likely N-dealkylation sites (tertiary alicyclic amines) is 1. The maximum atomic E-state index is 7.72. The molecule has 3 N–H and O–H groups in total. The second-order valence-corrected chi connectivity index (χ2v) is 11.4. The zero-order chi connectivity index (χ0) is 29.4. The van der Waals surface area contributed by atoms with Crippen molar-refractivity contribution in [2.45, 2.75) is 99.0 Å². The summed E-state index contributed by atoms with van der Waals surface area (Å²) < 4.78 is 0. The van der Waals surface area contributed by atoms with E-state index in [9.17, 15) is 0 Å². The summed E-state index contributed by atoms with van der Waals surface area (Å²) in [6, 6.07) is 7.51. The van der Waals surface area contributed by atoms with Crippen LogP contribution in [0.1, 0.15) is 110 Å². The highest BCUT2D eigenvalue weighted by atomic mass is 15.2. The van der Waals surface area contributed by atoms with Gasteiger partial charge in [0.15, 0.2) is 0 Å². The Morgan fingerprint density at radius 3 is 2.42 bits per heavy atom. The average molecular weight is 544 g/mol. The summed E-state index contributed by atoms with van der Waals surface area (Å²) in [4.78, 5) is 10.6. The van der Waals surface area contributed by atoms with E-state index in [1.165, 1.54) is 52.7 Å². The number of H-pyrrole nitrogens is 1. The topological polar surface area (TPSA) is 67.3 Å². The van der Waals surface area contributed by atoms with E-state index in [-0.39, 0.29) is 0 Å². The molecule has 2 aromatic rings. The van der Waals surface area contributed by atoms with E-state index in [0.717, 1.165) is 37.3 Å². The van der Waals surface area contributed by atoms with E-state index in [0.29, 0.717) is 29.6 Å². The van der Waals surface area contributed by atoms with Crippen LogP contribution in [0.15, 0.2) is 53.7 Å². The molecule has 40 heavy (non-hydrogen) atoms. The number of fused-ring (bicyclic) bond motifs is 1. The van der Waals surface area contributed by atoms with Gasteiger partial charge in [0.1, 0.15) is 5.84 Å². The second-order valence-electron chi connectivity index (χ2n) is 11.4. The summed E-state index contributed by atoms with van der Waals surface area (Å²) in [5.74, 6) is 2.00. The van der Waals surface area contributed by atoms with E-state index in [2.05, 4.69) is 97.8 Å². The molecule has 0 aliphatic carbocycles. The van der Waals surface area contributed by atoms with Crippen molar-refractivity contribution in [1.29, 1.82) is 5.41 Å². The van der Waals surface area contributed by atoms with Gasteiger partial charge in [-0.05, 0) is 98.7 Å². The standard InChI is InChI=1S/C33H47N5.C2H6/c1-8-25(10-12-28(9-2)36-24(7)34)33-31(21(3)4)29-20-27(11-13-30(29)37-33)26-15-18-38(19-16-26)23(6)32-22(5)14-17-35-32;1-2/h8,10-13,20-22,26,32,34-35,37H,6,9,14-19H2,1-5,7H3;1-2H3/b12-10-,25-8+,34-24?,36-28?;/t22?,32-;/m0./s1. The molecule has 5 nitrogen and oxygen atoms in total. The Morgan fingerprint density at radius 2 is 1.88 bits per heavy atom. The maximum absolute atomic E-state index is 7.72. The van der Waals surface area contributed by atoms with Crippen LogP contribution in [-0.4, -0.2) is 47.1 Å². The molecule has 1 aromatic heterocycles. The summed E-state index contributed by atoms with van der Waals surface area (Å²) in [6.07, 6.45) is 10.8. The van der Waals surface area contributed by atoms with Crippen molar-refractivity contribution in [2.24, 2.45) is 10.9 Å². The lowest BCUT2D eigenvalue weighted by molar-refractivity contribution is 0.239. The Kier molecular flexibility index (Phi) is 11.6. The number of hydrogen-bond acceptors (Lipinski definition) is 3. The molecule has 4 rings (SSSR count). The Labute approximate surface area is 243 Å². The first-order valence-corrected chi connectivity index (χ1v) is 15.5. The number of aromatic nitrogens is 1. The van der Waals surface area contributed by atoms with Crippen LogP contribution in [-0.2, 0) is 0 Å². The molecule has 1 unspecified atom stereocenters. The Morgan fingerprint density at radius 1 is 1.18 bits per heavy atom. The van der Waals surface area contributed by atoms with Crippen molar-refractivity contribution < 1.29 is 0 Å². The molecule has 2 saturated heterocycles. The smallest absolute Gasteiger partial charge is 0.117 e. The van der Waals surface area contributed by atoms with Crippen LogP contribution >= 0.6 is 0 Å². The van der Waals surface area contributed by atoms with Crippen molar-refractivity contribution >= 4 is 28.0 Å². The van der Waals surface area contributed by atoms with Gasteiger partial charge in [0.05, 0.1) is 0 Å². The second kappa shape index (κ2) is 14.6. The van der Waals surface area contributed by atoms with Crippen molar-refractivity contribution in [2.75, 3.05) is 19.6 Å².